The zero-order chi connectivity index (χ0) is 15.9. The first-order chi connectivity index (χ1) is 9.10. The van der Waals surface area contributed by atoms with Gasteiger partial charge in [0.1, 0.15) is 8.07 Å². The van der Waals surface area contributed by atoms with Gasteiger partial charge in [-0.1, -0.05) is 0 Å². The van der Waals surface area contributed by atoms with E-state index in [1.165, 1.54) is 0 Å². The van der Waals surface area contributed by atoms with Crippen molar-refractivity contribution < 1.29 is 32.8 Å². The van der Waals surface area contributed by atoms with Gasteiger partial charge in [-0.2, -0.15) is 0 Å². The molecule has 122 valence electrons. The van der Waals surface area contributed by atoms with Crippen LogP contribution in [0.3, 0.4) is 0 Å². The number of quaternary nitrogens is 1. The molecule has 0 fully saturated rings. The molecule has 3 N–H and O–H groups in total. The highest BCUT2D eigenvalue weighted by molar-refractivity contribution is 7.85. The van der Waals surface area contributed by atoms with Crippen LogP contribution in [0.25, 0.3) is 0 Å². The summed E-state index contributed by atoms with van der Waals surface area (Å²) in [5, 5.41) is 27.8. The lowest BCUT2D eigenvalue weighted by Crippen LogP contribution is -2.49. The van der Waals surface area contributed by atoms with Gasteiger partial charge in [-0.25, -0.2) is 8.42 Å². The Labute approximate surface area is 122 Å². The minimum absolute atomic E-state index is 0.137. The molecule has 20 heavy (non-hydrogen) atoms. The van der Waals surface area contributed by atoms with Gasteiger partial charge in [0.05, 0.1) is 37.3 Å². The molecular formula is C11H27NO6SSi. The van der Waals surface area contributed by atoms with Gasteiger partial charge >= 0.3 is 0 Å². The van der Waals surface area contributed by atoms with E-state index in [0.717, 1.165) is 13.0 Å². The summed E-state index contributed by atoms with van der Waals surface area (Å²) in [5.41, 5.74) is 0. The van der Waals surface area contributed by atoms with Crippen LogP contribution in [0.15, 0.2) is 0 Å². The number of hydrogen-bond acceptors (Lipinski definition) is 6. The lowest BCUT2D eigenvalue weighted by molar-refractivity contribution is -0.890. The van der Waals surface area contributed by atoms with Gasteiger partial charge in [0.2, 0.25) is 0 Å². The lowest BCUT2D eigenvalue weighted by atomic mass is 10.3. The summed E-state index contributed by atoms with van der Waals surface area (Å²) < 4.78 is 32.2. The highest BCUT2D eigenvalue weighted by Crippen LogP contribution is 2.13. The Balaban J connectivity index is 4.15. The Kier molecular flexibility index (Phi) is 8.41. The van der Waals surface area contributed by atoms with Crippen molar-refractivity contribution in [2.75, 3.05) is 51.6 Å². The average molecular weight is 329 g/mol. The van der Waals surface area contributed by atoms with Crippen molar-refractivity contribution in [1.29, 1.82) is 0 Å². The molecular weight excluding hydrogens is 302 g/mol. The smallest absolute Gasteiger partial charge is 0.140 e. The molecule has 9 heteroatoms. The number of nitrogens with zero attached hydrogens (tertiary/aromatic N) is 1. The van der Waals surface area contributed by atoms with Crippen LogP contribution >= 0.6 is 0 Å². The van der Waals surface area contributed by atoms with Crippen LogP contribution in [-0.4, -0.2) is 92.5 Å². The van der Waals surface area contributed by atoms with E-state index in [4.69, 9.17) is 0 Å². The predicted octanol–water partition coefficient (Wildman–Crippen LogP) is -1.57. The molecule has 0 aromatic carbocycles. The molecule has 0 rings (SSSR count). The fourth-order valence-electron chi connectivity index (χ4n) is 2.05. The molecule has 0 amide bonds. The zero-order valence-electron chi connectivity index (χ0n) is 12.3. The number of hydrogen-bond donors (Lipinski definition) is 3. The van der Waals surface area contributed by atoms with Crippen LogP contribution in [0.1, 0.15) is 12.8 Å². The van der Waals surface area contributed by atoms with Gasteiger partial charge in [-0.15, -0.1) is 0 Å². The van der Waals surface area contributed by atoms with Crippen molar-refractivity contribution in [3.63, 3.8) is 0 Å². The fraction of sp³-hybridized carbons (Fsp3) is 1.00. The molecule has 0 unspecified atom stereocenters. The van der Waals surface area contributed by atoms with E-state index in [1.54, 1.807) is 0 Å². The average Bonchev–Trinajstić information content (AvgIpc) is 2.33. The molecule has 0 aliphatic carbocycles. The molecule has 7 nitrogen and oxygen atoms in total. The van der Waals surface area contributed by atoms with E-state index in [0.29, 0.717) is 23.5 Å². The van der Waals surface area contributed by atoms with E-state index >= 15 is 0 Å². The van der Waals surface area contributed by atoms with E-state index < -0.39 is 18.2 Å². The van der Waals surface area contributed by atoms with Crippen LogP contribution < -0.4 is 0 Å². The van der Waals surface area contributed by atoms with E-state index in [2.05, 4.69) is 0 Å². The highest BCUT2D eigenvalue weighted by Gasteiger charge is 2.31. The molecule has 0 saturated heterocycles. The largest absolute Gasteiger partial charge is 0.748 e. The first-order valence-electron chi connectivity index (χ1n) is 6.68. The van der Waals surface area contributed by atoms with Gasteiger partial charge in [0.15, 0.2) is 0 Å². The molecule has 0 aromatic heterocycles. The van der Waals surface area contributed by atoms with Gasteiger partial charge in [-0.3, -0.25) is 0 Å². The summed E-state index contributed by atoms with van der Waals surface area (Å²) in [4.78, 5) is 0. The Morgan fingerprint density at radius 1 is 1.00 bits per heavy atom. The van der Waals surface area contributed by atoms with Crippen molar-refractivity contribution >= 4 is 18.2 Å². The molecule has 0 heterocycles. The third-order valence-electron chi connectivity index (χ3n) is 3.63. The predicted molar refractivity (Wildman–Crippen MR) is 77.5 cm³/mol. The van der Waals surface area contributed by atoms with Crippen molar-refractivity contribution in [2.24, 2.45) is 0 Å². The molecule has 0 aliphatic rings. The summed E-state index contributed by atoms with van der Waals surface area (Å²) >= 11 is 0. The summed E-state index contributed by atoms with van der Waals surface area (Å²) in [6.07, 6.45) is 0.651. The number of aliphatic hydroxyl groups is 3. The van der Waals surface area contributed by atoms with Crippen LogP contribution in [0.4, 0.5) is 0 Å². The van der Waals surface area contributed by atoms with E-state index in [1.807, 2.05) is 14.1 Å². The Hall–Kier alpha value is -0.0331. The fourth-order valence-corrected chi connectivity index (χ4v) is 4.22. The van der Waals surface area contributed by atoms with E-state index in [9.17, 15) is 28.3 Å². The molecule has 0 aliphatic heterocycles. The second-order valence-corrected chi connectivity index (χ2v) is 12.0. The van der Waals surface area contributed by atoms with Crippen molar-refractivity contribution in [1.82, 2.24) is 0 Å². The van der Waals surface area contributed by atoms with Gasteiger partial charge < -0.3 is 24.4 Å². The van der Waals surface area contributed by atoms with Crippen molar-refractivity contribution in [3.05, 3.63) is 0 Å². The Bertz CT molecular complexity index is 361. The molecule has 0 radical (unpaired) electrons. The van der Waals surface area contributed by atoms with Crippen molar-refractivity contribution in [3.8, 4) is 0 Å². The Morgan fingerprint density at radius 3 is 1.85 bits per heavy atom. The summed E-state index contributed by atoms with van der Waals surface area (Å²) in [7, 11) is -2.64. The third-order valence-corrected chi connectivity index (χ3v) is 7.85. The molecule has 0 saturated carbocycles. The SMILES string of the molecule is C[N+](C)(CCC[Si](CO)(CO)CO)CCCS(=O)(=O)[O-]. The summed E-state index contributed by atoms with van der Waals surface area (Å²) in [5.74, 6) is -0.350. The minimum Gasteiger partial charge on any atom is -0.748 e. The summed E-state index contributed by atoms with van der Waals surface area (Å²) in [6.45, 7) is 1.32. The quantitative estimate of drug-likeness (QED) is 0.239. The minimum atomic E-state index is -4.15. The first kappa shape index (κ1) is 20.0. The van der Waals surface area contributed by atoms with Crippen LogP contribution in [0, 0.1) is 0 Å². The third kappa shape index (κ3) is 8.30. The van der Waals surface area contributed by atoms with Gasteiger partial charge in [0, 0.05) is 30.9 Å². The summed E-state index contributed by atoms with van der Waals surface area (Å²) in [6, 6.07) is 0.623. The number of rotatable bonds is 11. The normalized spacial score (nSPS) is 13.7. The van der Waals surface area contributed by atoms with Gasteiger partial charge in [0.25, 0.3) is 0 Å². The van der Waals surface area contributed by atoms with Crippen LogP contribution in [0.2, 0.25) is 6.04 Å². The lowest BCUT2D eigenvalue weighted by Gasteiger charge is -2.32. The maximum Gasteiger partial charge on any atom is 0.140 e. The zero-order valence-corrected chi connectivity index (χ0v) is 14.1. The number of aliphatic hydroxyl groups excluding tert-OH is 3. The maximum atomic E-state index is 10.5. The standard InChI is InChI=1S/C11H27NO6SSi/c1-12(2,5-3-7-19(16,17)18)6-4-8-20(9-13,10-14)11-15/h13-15H,3-11H2,1-2H3. The van der Waals surface area contributed by atoms with Crippen molar-refractivity contribution in [2.45, 2.75) is 18.9 Å². The molecule has 0 bridgehead atoms. The van der Waals surface area contributed by atoms with Crippen LogP contribution in [-0.2, 0) is 10.1 Å². The topological polar surface area (TPSA) is 118 Å². The molecule has 0 spiro atoms. The maximum absolute atomic E-state index is 10.5. The highest BCUT2D eigenvalue weighted by atomic mass is 32.2. The monoisotopic (exact) mass is 329 g/mol. The second kappa shape index (κ2) is 8.42. The Morgan fingerprint density at radius 2 is 1.45 bits per heavy atom. The van der Waals surface area contributed by atoms with E-state index in [-0.39, 0.29) is 24.4 Å². The van der Waals surface area contributed by atoms with Crippen LogP contribution in [0.5, 0.6) is 0 Å². The molecule has 0 atom stereocenters. The first-order valence-corrected chi connectivity index (χ1v) is 11.1. The second-order valence-electron chi connectivity index (χ2n) is 6.08. The molecule has 0 aromatic rings. The van der Waals surface area contributed by atoms with Gasteiger partial charge in [-0.05, 0) is 12.5 Å².